The third-order valence-corrected chi connectivity index (χ3v) is 3.89. The first kappa shape index (κ1) is 19.9. The number of nitrogens with zero attached hydrogens (tertiary/aromatic N) is 2. The number of hydrogen-bond donors (Lipinski definition) is 1. The number of ether oxygens (including phenoxy) is 2. The summed E-state index contributed by atoms with van der Waals surface area (Å²) in [5.41, 5.74) is 1.46. The smallest absolute Gasteiger partial charge is 0.327 e. The molecule has 2 aliphatic heterocycles. The standard InChI is InChI=1S/C16H19N3O5.C2H6/c1-22-19(21)14-5-4-13(16-12(14)3-2-8-24-16)17-15(20)11-18-6-9-23-10-7-18;1-2/h2-5H,6-11H2,1H3;1-2H3/p+1. The van der Waals surface area contributed by atoms with Crippen molar-refractivity contribution in [2.45, 2.75) is 13.8 Å². The Hall–Kier alpha value is -2.45. The van der Waals surface area contributed by atoms with Gasteiger partial charge in [0, 0.05) is 19.2 Å². The van der Waals surface area contributed by atoms with Crippen molar-refractivity contribution in [1.29, 1.82) is 0 Å². The highest BCUT2D eigenvalue weighted by Gasteiger charge is 2.27. The Balaban J connectivity index is 0.00000117. The van der Waals surface area contributed by atoms with E-state index >= 15 is 0 Å². The number of rotatable bonds is 5. The van der Waals surface area contributed by atoms with Gasteiger partial charge in [0.15, 0.2) is 12.9 Å². The molecule has 8 heteroatoms. The van der Waals surface area contributed by atoms with E-state index in [1.807, 2.05) is 18.7 Å². The maximum absolute atomic E-state index is 12.3. The zero-order valence-corrected chi connectivity index (χ0v) is 15.5. The molecule has 8 nitrogen and oxygen atoms in total. The molecule has 1 amide bonds. The first-order valence-corrected chi connectivity index (χ1v) is 8.76. The molecule has 26 heavy (non-hydrogen) atoms. The van der Waals surface area contributed by atoms with Gasteiger partial charge in [-0.15, -0.1) is 0 Å². The minimum Gasteiger partial charge on any atom is -0.486 e. The van der Waals surface area contributed by atoms with E-state index in [1.54, 1.807) is 24.3 Å². The molecule has 1 N–H and O–H groups in total. The van der Waals surface area contributed by atoms with Crippen LogP contribution < -0.4 is 10.1 Å². The second-order valence-electron chi connectivity index (χ2n) is 5.46. The zero-order valence-electron chi connectivity index (χ0n) is 15.5. The van der Waals surface area contributed by atoms with E-state index in [2.05, 4.69) is 5.32 Å². The van der Waals surface area contributed by atoms with Gasteiger partial charge < -0.3 is 14.8 Å². The van der Waals surface area contributed by atoms with Gasteiger partial charge in [0.05, 0.1) is 30.4 Å². The topological polar surface area (TPSA) is 80.1 Å². The molecule has 0 radical (unpaired) electrons. The van der Waals surface area contributed by atoms with E-state index in [4.69, 9.17) is 14.3 Å². The normalized spacial score (nSPS) is 15.8. The summed E-state index contributed by atoms with van der Waals surface area (Å²) in [6, 6.07) is 3.24. The number of benzene rings is 1. The predicted molar refractivity (Wildman–Crippen MR) is 98.5 cm³/mol. The number of anilines is 1. The molecule has 0 saturated carbocycles. The van der Waals surface area contributed by atoms with Gasteiger partial charge in [-0.25, -0.2) is 4.84 Å². The van der Waals surface area contributed by atoms with Crippen molar-refractivity contribution in [1.82, 2.24) is 4.90 Å². The summed E-state index contributed by atoms with van der Waals surface area (Å²) < 4.78 is 10.9. The lowest BCUT2D eigenvalue weighted by molar-refractivity contribution is -0.736. The summed E-state index contributed by atoms with van der Waals surface area (Å²) in [6.07, 6.45) is 3.59. The van der Waals surface area contributed by atoms with Crippen LogP contribution in [0.4, 0.5) is 11.4 Å². The molecule has 0 atom stereocenters. The summed E-state index contributed by atoms with van der Waals surface area (Å²) in [6.45, 7) is 7.44. The SMILES string of the molecule is CC.CO[N+](=O)c1ccc(NC(=O)CN2CCOCC2)c2c1C=CCO2. The summed E-state index contributed by atoms with van der Waals surface area (Å²) in [4.78, 5) is 31.2. The molecule has 1 aromatic rings. The van der Waals surface area contributed by atoms with E-state index in [0.717, 1.165) is 13.1 Å². The van der Waals surface area contributed by atoms with Gasteiger partial charge in [-0.1, -0.05) is 13.8 Å². The van der Waals surface area contributed by atoms with Crippen molar-refractivity contribution in [3.8, 4) is 5.75 Å². The molecule has 0 unspecified atom stereocenters. The molecule has 2 aliphatic rings. The van der Waals surface area contributed by atoms with Crippen molar-refractivity contribution in [2.24, 2.45) is 0 Å². The zero-order chi connectivity index (χ0) is 18.9. The van der Waals surface area contributed by atoms with Crippen molar-refractivity contribution < 1.29 is 24.0 Å². The number of carbonyl (C=O) groups excluding carboxylic acids is 1. The molecule has 3 rings (SSSR count). The van der Waals surface area contributed by atoms with Crippen LogP contribution in [0.2, 0.25) is 0 Å². The monoisotopic (exact) mass is 364 g/mol. The lowest BCUT2D eigenvalue weighted by Crippen LogP contribution is -2.41. The highest BCUT2D eigenvalue weighted by molar-refractivity contribution is 5.95. The molecule has 0 spiro atoms. The Morgan fingerprint density at radius 1 is 1.31 bits per heavy atom. The molecule has 2 heterocycles. The van der Waals surface area contributed by atoms with Crippen molar-refractivity contribution in [3.05, 3.63) is 28.7 Å². The fourth-order valence-electron chi connectivity index (χ4n) is 2.71. The molecule has 142 valence electrons. The Morgan fingerprint density at radius 3 is 2.73 bits per heavy atom. The van der Waals surface area contributed by atoms with Crippen LogP contribution in [0.25, 0.3) is 6.08 Å². The fraction of sp³-hybridized carbons (Fsp3) is 0.500. The maximum Gasteiger partial charge on any atom is 0.327 e. The molecule has 1 saturated heterocycles. The minimum absolute atomic E-state index is 0.129. The Bertz CT molecular complexity index is 669. The quantitative estimate of drug-likeness (QED) is 0.808. The van der Waals surface area contributed by atoms with E-state index in [9.17, 15) is 9.70 Å². The van der Waals surface area contributed by atoms with Crippen LogP contribution in [0.5, 0.6) is 5.75 Å². The average Bonchev–Trinajstić information content (AvgIpc) is 2.70. The van der Waals surface area contributed by atoms with Crippen LogP contribution >= 0.6 is 0 Å². The van der Waals surface area contributed by atoms with Gasteiger partial charge in [-0.3, -0.25) is 9.69 Å². The average molecular weight is 364 g/mol. The summed E-state index contributed by atoms with van der Waals surface area (Å²) in [5.74, 6) is 0.346. The Morgan fingerprint density at radius 2 is 2.04 bits per heavy atom. The van der Waals surface area contributed by atoms with Crippen LogP contribution in [0.15, 0.2) is 18.2 Å². The van der Waals surface area contributed by atoms with Gasteiger partial charge in [0.25, 0.3) is 4.92 Å². The number of morpholine rings is 1. The Labute approximate surface area is 153 Å². The molecular weight excluding hydrogens is 338 g/mol. The van der Waals surface area contributed by atoms with Gasteiger partial charge in [-0.05, 0) is 18.2 Å². The van der Waals surface area contributed by atoms with Gasteiger partial charge in [0.2, 0.25) is 5.91 Å². The van der Waals surface area contributed by atoms with E-state index in [0.29, 0.717) is 54.0 Å². The lowest BCUT2D eigenvalue weighted by Gasteiger charge is -2.26. The third-order valence-electron chi connectivity index (χ3n) is 3.89. The van der Waals surface area contributed by atoms with Crippen LogP contribution in [-0.4, -0.2) is 62.3 Å². The van der Waals surface area contributed by atoms with Crippen LogP contribution in [0.3, 0.4) is 0 Å². The van der Waals surface area contributed by atoms with E-state index in [-0.39, 0.29) is 5.91 Å². The summed E-state index contributed by atoms with van der Waals surface area (Å²) >= 11 is 0. The van der Waals surface area contributed by atoms with Crippen LogP contribution in [0, 0.1) is 4.91 Å². The van der Waals surface area contributed by atoms with Gasteiger partial charge >= 0.3 is 5.69 Å². The maximum atomic E-state index is 12.3. The van der Waals surface area contributed by atoms with Crippen molar-refractivity contribution >= 4 is 23.4 Å². The van der Waals surface area contributed by atoms with Gasteiger partial charge in [0.1, 0.15) is 12.2 Å². The number of fused-ring (bicyclic) bond motifs is 1. The summed E-state index contributed by atoms with van der Waals surface area (Å²) in [5, 5.41) is 2.86. The number of hydrogen-bond acceptors (Lipinski definition) is 6. The first-order chi connectivity index (χ1) is 12.7. The molecule has 0 aromatic heterocycles. The number of nitrogens with one attached hydrogen (secondary N) is 1. The Kier molecular flexibility index (Phi) is 7.55. The highest BCUT2D eigenvalue weighted by Crippen LogP contribution is 2.38. The predicted octanol–water partition coefficient (Wildman–Crippen LogP) is 2.36. The molecule has 0 aliphatic carbocycles. The number of carbonyl (C=O) groups is 1. The lowest BCUT2D eigenvalue weighted by atomic mass is 10.1. The molecular formula is C18H26N3O5+. The van der Waals surface area contributed by atoms with E-state index in [1.165, 1.54) is 7.11 Å². The highest BCUT2D eigenvalue weighted by atomic mass is 16.8. The summed E-state index contributed by atoms with van der Waals surface area (Å²) in [7, 11) is 1.30. The van der Waals surface area contributed by atoms with Gasteiger partial charge in [-0.2, -0.15) is 0 Å². The van der Waals surface area contributed by atoms with Crippen LogP contribution in [0.1, 0.15) is 19.4 Å². The fourth-order valence-corrected chi connectivity index (χ4v) is 2.71. The third kappa shape index (κ3) is 4.80. The molecule has 0 bridgehead atoms. The first-order valence-electron chi connectivity index (χ1n) is 8.76. The van der Waals surface area contributed by atoms with E-state index < -0.39 is 0 Å². The van der Waals surface area contributed by atoms with Crippen molar-refractivity contribution in [2.75, 3.05) is 51.9 Å². The second kappa shape index (κ2) is 9.88. The second-order valence-corrected chi connectivity index (χ2v) is 5.46. The largest absolute Gasteiger partial charge is 0.486 e. The number of amides is 1. The molecule has 1 aromatic carbocycles. The van der Waals surface area contributed by atoms with Crippen LogP contribution in [-0.2, 0) is 14.4 Å². The molecule has 1 fully saturated rings. The van der Waals surface area contributed by atoms with Crippen molar-refractivity contribution in [3.63, 3.8) is 0 Å². The minimum atomic E-state index is -0.129.